The van der Waals surface area contributed by atoms with Crippen molar-refractivity contribution in [1.82, 2.24) is 0 Å². The van der Waals surface area contributed by atoms with E-state index in [2.05, 4.69) is 0 Å². The van der Waals surface area contributed by atoms with Gasteiger partial charge in [0.2, 0.25) is 0 Å². The molecular weight excluding hydrogens is 144 g/mol. The van der Waals surface area contributed by atoms with Gasteiger partial charge >= 0.3 is 0 Å². The molecule has 0 spiro atoms. The van der Waals surface area contributed by atoms with Crippen LogP contribution in [0.3, 0.4) is 0 Å². The van der Waals surface area contributed by atoms with Crippen LogP contribution in [0.25, 0.3) is 0 Å². The minimum Gasteiger partial charge on any atom is -0.0499 e. The second-order valence-electron chi connectivity index (χ2n) is 5.80. The molecular formula is C12H18. The molecule has 0 unspecified atom stereocenters. The van der Waals surface area contributed by atoms with E-state index in [1.807, 2.05) is 0 Å². The van der Waals surface area contributed by atoms with E-state index in [1.165, 1.54) is 35.5 Å². The summed E-state index contributed by atoms with van der Waals surface area (Å²) < 4.78 is 0. The first kappa shape index (κ1) is 6.45. The second kappa shape index (κ2) is 1.91. The zero-order chi connectivity index (χ0) is 7.71. The molecule has 4 rings (SSSR count). The van der Waals surface area contributed by atoms with Crippen LogP contribution in [0.5, 0.6) is 0 Å². The Labute approximate surface area is 74.7 Å². The highest BCUT2D eigenvalue weighted by Crippen LogP contribution is 2.68. The Bertz CT molecular complexity index is 188. The maximum atomic E-state index is 1.64. The van der Waals surface area contributed by atoms with Gasteiger partial charge < -0.3 is 0 Å². The maximum absolute atomic E-state index is 1.64. The number of rotatable bonds is 3. The maximum Gasteiger partial charge on any atom is -0.0349 e. The van der Waals surface area contributed by atoms with E-state index in [4.69, 9.17) is 0 Å². The lowest BCUT2D eigenvalue weighted by atomic mass is 10.1. The van der Waals surface area contributed by atoms with Gasteiger partial charge in [0, 0.05) is 0 Å². The van der Waals surface area contributed by atoms with Crippen molar-refractivity contribution in [3.8, 4) is 0 Å². The van der Waals surface area contributed by atoms with Crippen LogP contribution in [0, 0.1) is 35.5 Å². The van der Waals surface area contributed by atoms with Crippen molar-refractivity contribution in [3.05, 3.63) is 0 Å². The minimum absolute atomic E-state index is 1.22. The molecule has 0 saturated heterocycles. The molecule has 4 aliphatic rings. The van der Waals surface area contributed by atoms with Crippen molar-refractivity contribution in [3.63, 3.8) is 0 Å². The highest BCUT2D eigenvalue weighted by molar-refractivity contribution is 5.09. The molecule has 0 heterocycles. The smallest absolute Gasteiger partial charge is 0.0349 e. The zero-order valence-electron chi connectivity index (χ0n) is 7.71. The van der Waals surface area contributed by atoms with Gasteiger partial charge in [-0.05, 0) is 74.0 Å². The van der Waals surface area contributed by atoms with E-state index in [0.717, 1.165) is 0 Å². The fourth-order valence-electron chi connectivity index (χ4n) is 3.59. The number of hydrogen-bond donors (Lipinski definition) is 0. The first-order chi connectivity index (χ1) is 5.93. The van der Waals surface area contributed by atoms with Gasteiger partial charge in [-0.15, -0.1) is 0 Å². The van der Waals surface area contributed by atoms with E-state index in [1.54, 1.807) is 38.5 Å². The highest BCUT2D eigenvalue weighted by Gasteiger charge is 2.59. The summed E-state index contributed by atoms with van der Waals surface area (Å²) in [5.74, 6) is 7.38. The molecule has 0 aromatic carbocycles. The van der Waals surface area contributed by atoms with E-state index in [9.17, 15) is 0 Å². The molecule has 0 radical (unpaired) electrons. The summed E-state index contributed by atoms with van der Waals surface area (Å²) in [7, 11) is 0. The fraction of sp³-hybridized carbons (Fsp3) is 1.00. The molecule has 4 saturated carbocycles. The van der Waals surface area contributed by atoms with Crippen LogP contribution in [0.1, 0.15) is 38.5 Å². The highest BCUT2D eigenvalue weighted by atomic mass is 14.6. The lowest BCUT2D eigenvalue weighted by molar-refractivity contribution is 0.522. The normalized spacial score (nSPS) is 57.0. The summed E-state index contributed by atoms with van der Waals surface area (Å²) in [6.45, 7) is 0. The van der Waals surface area contributed by atoms with Crippen molar-refractivity contribution >= 4 is 0 Å². The van der Waals surface area contributed by atoms with E-state index >= 15 is 0 Å². The molecule has 4 atom stereocenters. The Morgan fingerprint density at radius 1 is 0.500 bits per heavy atom. The zero-order valence-corrected chi connectivity index (χ0v) is 7.71. The monoisotopic (exact) mass is 162 g/mol. The molecule has 0 N–H and O–H groups in total. The third-order valence-corrected chi connectivity index (χ3v) is 4.79. The Morgan fingerprint density at radius 2 is 0.917 bits per heavy atom. The second-order valence-corrected chi connectivity index (χ2v) is 5.80. The van der Waals surface area contributed by atoms with Gasteiger partial charge in [-0.25, -0.2) is 0 Å². The van der Waals surface area contributed by atoms with Gasteiger partial charge in [-0.3, -0.25) is 0 Å². The Balaban J connectivity index is 1.37. The Kier molecular flexibility index (Phi) is 1.03. The summed E-state index contributed by atoms with van der Waals surface area (Å²) in [6, 6.07) is 0. The van der Waals surface area contributed by atoms with Crippen molar-refractivity contribution in [1.29, 1.82) is 0 Å². The van der Waals surface area contributed by atoms with Crippen molar-refractivity contribution in [2.45, 2.75) is 38.5 Å². The summed E-state index contributed by atoms with van der Waals surface area (Å²) in [5, 5.41) is 0. The van der Waals surface area contributed by atoms with Gasteiger partial charge in [0.05, 0.1) is 0 Å². The SMILES string of the molecule is C1CC1[C@H]1C[C@H]1[C@@H]1C[C@@H]1C1CC1. The minimum atomic E-state index is 1.22. The molecule has 66 valence electrons. The predicted molar refractivity (Wildman–Crippen MR) is 48.6 cm³/mol. The van der Waals surface area contributed by atoms with Gasteiger partial charge in [-0.1, -0.05) is 0 Å². The van der Waals surface area contributed by atoms with Gasteiger partial charge in [0.1, 0.15) is 0 Å². The molecule has 0 aromatic heterocycles. The van der Waals surface area contributed by atoms with E-state index in [-0.39, 0.29) is 0 Å². The third kappa shape index (κ3) is 0.900. The van der Waals surface area contributed by atoms with Crippen molar-refractivity contribution in [2.24, 2.45) is 35.5 Å². The number of hydrogen-bond acceptors (Lipinski definition) is 0. The molecule has 0 aliphatic heterocycles. The predicted octanol–water partition coefficient (Wildman–Crippen LogP) is 3.08. The van der Waals surface area contributed by atoms with Crippen LogP contribution in [0.2, 0.25) is 0 Å². The lowest BCUT2D eigenvalue weighted by Gasteiger charge is -1.95. The first-order valence-electron chi connectivity index (χ1n) is 5.93. The van der Waals surface area contributed by atoms with Crippen LogP contribution in [0.4, 0.5) is 0 Å². The summed E-state index contributed by atoms with van der Waals surface area (Å²) in [4.78, 5) is 0. The average Bonchev–Trinajstić information content (AvgIpc) is 2.81. The summed E-state index contributed by atoms with van der Waals surface area (Å²) in [6.07, 6.45) is 9.62. The van der Waals surface area contributed by atoms with Crippen LogP contribution >= 0.6 is 0 Å². The fourth-order valence-corrected chi connectivity index (χ4v) is 3.59. The quantitative estimate of drug-likeness (QED) is 0.598. The third-order valence-electron chi connectivity index (χ3n) is 4.79. The van der Waals surface area contributed by atoms with Gasteiger partial charge in [0.25, 0.3) is 0 Å². The molecule has 0 bridgehead atoms. The van der Waals surface area contributed by atoms with Crippen LogP contribution in [-0.2, 0) is 0 Å². The molecule has 0 aromatic rings. The van der Waals surface area contributed by atoms with Crippen LogP contribution < -0.4 is 0 Å². The van der Waals surface area contributed by atoms with Crippen molar-refractivity contribution < 1.29 is 0 Å². The van der Waals surface area contributed by atoms with Gasteiger partial charge in [0.15, 0.2) is 0 Å². The average molecular weight is 162 g/mol. The van der Waals surface area contributed by atoms with Crippen LogP contribution in [0.15, 0.2) is 0 Å². The lowest BCUT2D eigenvalue weighted by Crippen LogP contribution is -1.91. The first-order valence-corrected chi connectivity index (χ1v) is 5.93. The standard InChI is InChI=1S/C12H18/c1-2-7(1)9-5-11(9)12-6-10(12)8-3-4-8/h7-12H,1-6H2/t9-,10-,11-,12-/m1/s1. The van der Waals surface area contributed by atoms with Gasteiger partial charge in [-0.2, -0.15) is 0 Å². The van der Waals surface area contributed by atoms with Crippen LogP contribution in [-0.4, -0.2) is 0 Å². The molecule has 0 nitrogen and oxygen atoms in total. The Hall–Kier alpha value is 0. The molecule has 0 amide bonds. The van der Waals surface area contributed by atoms with E-state index in [0.29, 0.717) is 0 Å². The molecule has 12 heavy (non-hydrogen) atoms. The summed E-state index contributed by atoms with van der Waals surface area (Å²) in [5.41, 5.74) is 0. The molecule has 4 fully saturated rings. The largest absolute Gasteiger partial charge is 0.0499 e. The van der Waals surface area contributed by atoms with Crippen molar-refractivity contribution in [2.75, 3.05) is 0 Å². The Morgan fingerprint density at radius 3 is 1.25 bits per heavy atom. The van der Waals surface area contributed by atoms with E-state index < -0.39 is 0 Å². The topological polar surface area (TPSA) is 0 Å². The molecule has 4 aliphatic carbocycles. The molecule has 0 heteroatoms. The summed E-state index contributed by atoms with van der Waals surface area (Å²) >= 11 is 0.